The molecule has 2 rings (SSSR count). The molecular formula is C22H35NOSi. The zero-order chi connectivity index (χ0) is 18.7. The predicted molar refractivity (Wildman–Crippen MR) is 111 cm³/mol. The van der Waals surface area contributed by atoms with Gasteiger partial charge >= 0.3 is 0 Å². The molecule has 2 unspecified atom stereocenters. The quantitative estimate of drug-likeness (QED) is 0.307. The van der Waals surface area contributed by atoms with Crippen LogP contribution in [0.25, 0.3) is 0 Å². The summed E-state index contributed by atoms with van der Waals surface area (Å²) >= 11 is 0. The van der Waals surface area contributed by atoms with Crippen LogP contribution in [0.5, 0.6) is 0 Å². The van der Waals surface area contributed by atoms with Crippen LogP contribution in [0.3, 0.4) is 0 Å². The lowest BCUT2D eigenvalue weighted by atomic mass is 10.0. The molecule has 4 atom stereocenters. The first-order chi connectivity index (χ1) is 11.7. The van der Waals surface area contributed by atoms with Gasteiger partial charge in [-0.3, -0.25) is 4.90 Å². The molecule has 1 aliphatic rings. The summed E-state index contributed by atoms with van der Waals surface area (Å²) in [5.41, 5.74) is 1.39. The van der Waals surface area contributed by atoms with Gasteiger partial charge in [0.05, 0.1) is 18.2 Å². The monoisotopic (exact) mass is 357 g/mol. The fourth-order valence-corrected chi connectivity index (χ4v) is 4.64. The molecule has 2 nitrogen and oxygen atoms in total. The van der Waals surface area contributed by atoms with Crippen molar-refractivity contribution in [2.24, 2.45) is 0 Å². The van der Waals surface area contributed by atoms with Crippen LogP contribution in [0.4, 0.5) is 0 Å². The summed E-state index contributed by atoms with van der Waals surface area (Å²) in [7, 11) is -1.81. The van der Waals surface area contributed by atoms with Crippen LogP contribution in [0.15, 0.2) is 55.6 Å². The third-order valence-electron chi connectivity index (χ3n) is 5.74. The van der Waals surface area contributed by atoms with E-state index >= 15 is 0 Å². The van der Waals surface area contributed by atoms with E-state index < -0.39 is 8.32 Å². The van der Waals surface area contributed by atoms with Crippen LogP contribution >= 0.6 is 0 Å². The molecule has 1 aromatic carbocycles. The van der Waals surface area contributed by atoms with Crippen molar-refractivity contribution in [3.8, 4) is 0 Å². The van der Waals surface area contributed by atoms with E-state index in [1.165, 1.54) is 5.56 Å². The first-order valence-electron chi connectivity index (χ1n) is 9.43. The number of rotatable bonds is 9. The second-order valence-corrected chi connectivity index (χ2v) is 13.4. The highest BCUT2D eigenvalue weighted by atomic mass is 28.4. The van der Waals surface area contributed by atoms with Crippen LogP contribution < -0.4 is 0 Å². The van der Waals surface area contributed by atoms with Gasteiger partial charge in [0.1, 0.15) is 0 Å². The first kappa shape index (κ1) is 20.2. The molecule has 0 bridgehead atoms. The molecule has 1 heterocycles. The molecule has 1 aliphatic heterocycles. The van der Waals surface area contributed by atoms with Gasteiger partial charge < -0.3 is 4.43 Å². The number of benzene rings is 1. The van der Waals surface area contributed by atoms with Crippen molar-refractivity contribution in [3.63, 3.8) is 0 Å². The van der Waals surface area contributed by atoms with E-state index in [0.717, 1.165) is 19.4 Å². The van der Waals surface area contributed by atoms with Crippen LogP contribution in [-0.4, -0.2) is 31.9 Å². The molecule has 0 aromatic heterocycles. The maximum absolute atomic E-state index is 6.87. The Hall–Kier alpha value is -1.16. The van der Waals surface area contributed by atoms with E-state index in [9.17, 15) is 0 Å². The van der Waals surface area contributed by atoms with Crippen LogP contribution in [0.1, 0.15) is 45.2 Å². The zero-order valence-corrected chi connectivity index (χ0v) is 17.7. The Morgan fingerprint density at radius 2 is 1.80 bits per heavy atom. The lowest BCUT2D eigenvalue weighted by Gasteiger charge is -2.39. The van der Waals surface area contributed by atoms with Crippen molar-refractivity contribution in [1.29, 1.82) is 0 Å². The number of nitrogens with zero attached hydrogens (tertiary/aromatic N) is 1. The van der Waals surface area contributed by atoms with E-state index in [1.807, 2.05) is 12.2 Å². The lowest BCUT2D eigenvalue weighted by molar-refractivity contribution is 0.155. The van der Waals surface area contributed by atoms with Gasteiger partial charge in [-0.05, 0) is 36.5 Å². The molecule has 0 saturated carbocycles. The van der Waals surface area contributed by atoms with Gasteiger partial charge in [0.25, 0.3) is 0 Å². The number of hydrogen-bond donors (Lipinski definition) is 0. The lowest BCUT2D eigenvalue weighted by Crippen LogP contribution is -2.45. The zero-order valence-electron chi connectivity index (χ0n) is 16.7. The third kappa shape index (κ3) is 4.72. The van der Waals surface area contributed by atoms with Gasteiger partial charge in [-0.25, -0.2) is 0 Å². The summed E-state index contributed by atoms with van der Waals surface area (Å²) in [6.45, 7) is 20.4. The SMILES string of the molecule is C=CCCC(O[Si](C)(C)C(C)(C)C)[C@H]1[C@H](c2ccccc2)N1CC=C. The summed E-state index contributed by atoms with van der Waals surface area (Å²) in [5.74, 6) is 0. The Balaban J connectivity index is 2.23. The van der Waals surface area contributed by atoms with E-state index in [-0.39, 0.29) is 11.1 Å². The molecule has 0 spiro atoms. The predicted octanol–water partition coefficient (Wildman–Crippen LogP) is 5.95. The van der Waals surface area contributed by atoms with Crippen molar-refractivity contribution in [3.05, 3.63) is 61.2 Å². The van der Waals surface area contributed by atoms with E-state index in [2.05, 4.69) is 82.3 Å². The Morgan fingerprint density at radius 1 is 1.16 bits per heavy atom. The second-order valence-electron chi connectivity index (χ2n) is 8.61. The standard InChI is InChI=1S/C22H35NOSi/c1-8-10-16-19(24-25(6,7)22(3,4)5)21-20(23(21)17-9-2)18-14-12-11-13-15-18/h8-9,11-15,19-21H,1-2,10,16-17H2,3-7H3/t19?,20-,21-,23?/m0/s1. The minimum absolute atomic E-state index is 0.222. The molecule has 3 heteroatoms. The van der Waals surface area contributed by atoms with E-state index in [0.29, 0.717) is 12.1 Å². The maximum atomic E-state index is 6.87. The highest BCUT2D eigenvalue weighted by molar-refractivity contribution is 6.74. The smallest absolute Gasteiger partial charge is 0.192 e. The summed E-state index contributed by atoms with van der Waals surface area (Å²) in [4.78, 5) is 2.52. The molecule has 25 heavy (non-hydrogen) atoms. The average Bonchev–Trinajstić information content (AvgIpc) is 3.25. The molecule has 1 saturated heterocycles. The van der Waals surface area contributed by atoms with Crippen molar-refractivity contribution in [1.82, 2.24) is 4.90 Å². The minimum Gasteiger partial charge on any atom is -0.412 e. The first-order valence-corrected chi connectivity index (χ1v) is 12.3. The summed E-state index contributed by atoms with van der Waals surface area (Å²) in [6.07, 6.45) is 6.31. The van der Waals surface area contributed by atoms with Gasteiger partial charge in [0, 0.05) is 6.54 Å². The van der Waals surface area contributed by atoms with Gasteiger partial charge in [0.2, 0.25) is 0 Å². The van der Waals surface area contributed by atoms with E-state index in [1.54, 1.807) is 0 Å². The Bertz CT molecular complexity index is 575. The Labute approximate surface area is 155 Å². The fourth-order valence-electron chi connectivity index (χ4n) is 3.27. The summed E-state index contributed by atoms with van der Waals surface area (Å²) in [5, 5.41) is 0.222. The van der Waals surface area contributed by atoms with Crippen LogP contribution in [0, 0.1) is 0 Å². The van der Waals surface area contributed by atoms with Crippen molar-refractivity contribution in [2.75, 3.05) is 6.54 Å². The Morgan fingerprint density at radius 3 is 2.32 bits per heavy atom. The highest BCUT2D eigenvalue weighted by Gasteiger charge is 2.54. The van der Waals surface area contributed by atoms with Gasteiger partial charge in [-0.15, -0.1) is 13.2 Å². The molecule has 0 aliphatic carbocycles. The molecule has 138 valence electrons. The fraction of sp³-hybridized carbons (Fsp3) is 0.545. The van der Waals surface area contributed by atoms with Gasteiger partial charge in [0.15, 0.2) is 8.32 Å². The molecule has 1 fully saturated rings. The topological polar surface area (TPSA) is 12.2 Å². The van der Waals surface area contributed by atoms with Crippen molar-refractivity contribution in [2.45, 2.75) is 69.9 Å². The Kier molecular flexibility index (Phi) is 6.47. The second kappa shape index (κ2) is 8.03. The molecule has 0 amide bonds. The van der Waals surface area contributed by atoms with Gasteiger partial charge in [-0.1, -0.05) is 63.3 Å². The van der Waals surface area contributed by atoms with Crippen LogP contribution in [-0.2, 0) is 4.43 Å². The minimum atomic E-state index is -1.81. The molecule has 0 N–H and O–H groups in total. The largest absolute Gasteiger partial charge is 0.412 e. The highest BCUT2D eigenvalue weighted by Crippen LogP contribution is 2.48. The normalized spacial score (nSPS) is 24.6. The average molecular weight is 358 g/mol. The number of allylic oxidation sites excluding steroid dienone is 1. The maximum Gasteiger partial charge on any atom is 0.192 e. The number of hydrogen-bond acceptors (Lipinski definition) is 2. The van der Waals surface area contributed by atoms with Gasteiger partial charge in [-0.2, -0.15) is 0 Å². The molecular weight excluding hydrogens is 322 g/mol. The van der Waals surface area contributed by atoms with Crippen molar-refractivity contribution < 1.29 is 4.43 Å². The summed E-state index contributed by atoms with van der Waals surface area (Å²) in [6, 6.07) is 11.7. The van der Waals surface area contributed by atoms with E-state index in [4.69, 9.17) is 4.43 Å². The third-order valence-corrected chi connectivity index (χ3v) is 10.2. The van der Waals surface area contributed by atoms with Crippen molar-refractivity contribution >= 4 is 8.32 Å². The molecule has 1 aromatic rings. The molecule has 0 radical (unpaired) electrons. The summed E-state index contributed by atoms with van der Waals surface area (Å²) < 4.78 is 6.87. The van der Waals surface area contributed by atoms with Crippen LogP contribution in [0.2, 0.25) is 18.1 Å².